The molecule has 7 heteroatoms. The van der Waals surface area contributed by atoms with E-state index >= 15 is 0 Å². The fourth-order valence-corrected chi connectivity index (χ4v) is 1.06. The minimum absolute atomic E-state index is 0.173. The molecule has 13 heavy (non-hydrogen) atoms. The van der Waals surface area contributed by atoms with Crippen molar-refractivity contribution in [3.8, 4) is 0 Å². The molecule has 1 aromatic heterocycles. The molecule has 1 aromatic rings. The van der Waals surface area contributed by atoms with Crippen LogP contribution in [0.1, 0.15) is 10.6 Å². The zero-order chi connectivity index (χ0) is 9.90. The third kappa shape index (κ3) is 3.16. The highest BCUT2D eigenvalue weighted by molar-refractivity contribution is 7.89. The third-order valence-corrected chi connectivity index (χ3v) is 1.60. The van der Waals surface area contributed by atoms with Gasteiger partial charge in [0, 0.05) is 12.4 Å². The summed E-state index contributed by atoms with van der Waals surface area (Å²) >= 11 is 0. The van der Waals surface area contributed by atoms with E-state index in [2.05, 4.69) is 9.97 Å². The van der Waals surface area contributed by atoms with Gasteiger partial charge in [-0.05, 0) is 6.07 Å². The molecule has 0 aromatic carbocycles. The number of carbonyl (C=O) groups is 1. The molecule has 0 unspecified atom stereocenters. The fourth-order valence-electron chi connectivity index (χ4n) is 0.630. The zero-order valence-electron chi connectivity index (χ0n) is 6.76. The smallest absolute Gasteiger partial charge is 0.265 e. The van der Waals surface area contributed by atoms with Crippen LogP contribution >= 0.6 is 0 Å². The van der Waals surface area contributed by atoms with Crippen LogP contribution in [0.5, 0.6) is 0 Å². The first kappa shape index (κ1) is 9.59. The molecule has 1 rings (SSSR count). The predicted octanol–water partition coefficient (Wildman–Crippen LogP) is -0.834. The van der Waals surface area contributed by atoms with Gasteiger partial charge in [0.15, 0.2) is 0 Å². The van der Waals surface area contributed by atoms with Crippen molar-refractivity contribution in [3.05, 3.63) is 24.3 Å². The van der Waals surface area contributed by atoms with Gasteiger partial charge >= 0.3 is 5.91 Å². The standard InChI is InChI=1S/C6H7N3O3S/c1-13(11,12)9-6(10)5-7-3-2-4-8-5/h2-4H,1H3,(H,9,10). The van der Waals surface area contributed by atoms with E-state index in [9.17, 15) is 13.2 Å². The topological polar surface area (TPSA) is 89.0 Å². The van der Waals surface area contributed by atoms with Crippen molar-refractivity contribution in [3.63, 3.8) is 0 Å². The van der Waals surface area contributed by atoms with E-state index in [1.165, 1.54) is 18.5 Å². The lowest BCUT2D eigenvalue weighted by Gasteiger charge is -1.99. The molecule has 0 aliphatic carbocycles. The molecule has 1 heterocycles. The van der Waals surface area contributed by atoms with Crippen LogP contribution in [0, 0.1) is 0 Å². The van der Waals surface area contributed by atoms with Crippen LogP contribution in [0.2, 0.25) is 0 Å². The molecule has 0 saturated heterocycles. The second-order valence-corrected chi connectivity index (χ2v) is 4.02. The summed E-state index contributed by atoms with van der Waals surface area (Å²) < 4.78 is 23.0. The van der Waals surface area contributed by atoms with Crippen molar-refractivity contribution in [2.24, 2.45) is 0 Å². The summed E-state index contributed by atoms with van der Waals surface area (Å²) in [7, 11) is -3.55. The van der Waals surface area contributed by atoms with Crippen LogP contribution in [0.3, 0.4) is 0 Å². The number of nitrogens with one attached hydrogen (secondary N) is 1. The molecule has 0 atom stereocenters. The number of sulfonamides is 1. The van der Waals surface area contributed by atoms with Crippen LogP contribution in [0.25, 0.3) is 0 Å². The maximum absolute atomic E-state index is 11.0. The molecular weight excluding hydrogens is 194 g/mol. The number of carbonyl (C=O) groups excluding carboxylic acids is 1. The molecule has 70 valence electrons. The largest absolute Gasteiger partial charge is 0.302 e. The molecule has 1 N–H and O–H groups in total. The zero-order valence-corrected chi connectivity index (χ0v) is 7.58. The first-order valence-electron chi connectivity index (χ1n) is 3.28. The monoisotopic (exact) mass is 201 g/mol. The Balaban J connectivity index is 2.82. The van der Waals surface area contributed by atoms with Gasteiger partial charge in [0.25, 0.3) is 0 Å². The van der Waals surface area contributed by atoms with Crippen molar-refractivity contribution < 1.29 is 13.2 Å². The van der Waals surface area contributed by atoms with Gasteiger partial charge in [0.05, 0.1) is 6.26 Å². The van der Waals surface area contributed by atoms with Gasteiger partial charge in [0.1, 0.15) is 0 Å². The van der Waals surface area contributed by atoms with Crippen LogP contribution < -0.4 is 4.72 Å². The Kier molecular flexibility index (Phi) is 2.57. The van der Waals surface area contributed by atoms with E-state index < -0.39 is 15.9 Å². The lowest BCUT2D eigenvalue weighted by molar-refractivity contribution is 0.0971. The van der Waals surface area contributed by atoms with E-state index in [4.69, 9.17) is 0 Å². The predicted molar refractivity (Wildman–Crippen MR) is 44.3 cm³/mol. The number of hydrogen-bond donors (Lipinski definition) is 1. The summed E-state index contributed by atoms with van der Waals surface area (Å²) in [5.41, 5.74) is 0. The van der Waals surface area contributed by atoms with Gasteiger partial charge < -0.3 is 0 Å². The number of rotatable bonds is 2. The highest BCUT2D eigenvalue weighted by Gasteiger charge is 2.12. The van der Waals surface area contributed by atoms with Crippen LogP contribution in [-0.4, -0.2) is 30.5 Å². The van der Waals surface area contributed by atoms with E-state index in [1.807, 2.05) is 0 Å². The molecule has 0 bridgehead atoms. The first-order chi connectivity index (χ1) is 5.99. The van der Waals surface area contributed by atoms with E-state index in [-0.39, 0.29) is 5.82 Å². The van der Waals surface area contributed by atoms with Gasteiger partial charge in [-0.25, -0.2) is 23.1 Å². The molecule has 0 radical (unpaired) electrons. The quantitative estimate of drug-likeness (QED) is 0.674. The van der Waals surface area contributed by atoms with E-state index in [1.54, 1.807) is 4.72 Å². The van der Waals surface area contributed by atoms with Gasteiger partial charge in [-0.1, -0.05) is 0 Å². The van der Waals surface area contributed by atoms with Crippen molar-refractivity contribution in [2.75, 3.05) is 6.26 Å². The number of amides is 1. The van der Waals surface area contributed by atoms with Crippen molar-refractivity contribution >= 4 is 15.9 Å². The highest BCUT2D eigenvalue weighted by atomic mass is 32.2. The Morgan fingerprint density at radius 1 is 1.38 bits per heavy atom. The molecule has 0 spiro atoms. The van der Waals surface area contributed by atoms with Crippen molar-refractivity contribution in [1.82, 2.24) is 14.7 Å². The SMILES string of the molecule is CS(=O)(=O)NC(=O)c1ncccn1. The normalized spacial score (nSPS) is 10.8. The van der Waals surface area contributed by atoms with Crippen LogP contribution in [0.4, 0.5) is 0 Å². The van der Waals surface area contributed by atoms with Crippen molar-refractivity contribution in [2.45, 2.75) is 0 Å². The maximum atomic E-state index is 11.0. The summed E-state index contributed by atoms with van der Waals surface area (Å²) in [5.74, 6) is -1.00. The number of hydrogen-bond acceptors (Lipinski definition) is 5. The van der Waals surface area contributed by atoms with Gasteiger partial charge in [-0.3, -0.25) is 4.79 Å². The van der Waals surface area contributed by atoms with Gasteiger partial charge in [-0.2, -0.15) is 0 Å². The summed E-state index contributed by atoms with van der Waals surface area (Å²) in [5, 5.41) is 0. The third-order valence-electron chi connectivity index (χ3n) is 1.05. The molecular formula is C6H7N3O3S. The Morgan fingerprint density at radius 3 is 2.38 bits per heavy atom. The summed E-state index contributed by atoms with van der Waals surface area (Å²) in [6.45, 7) is 0. The Hall–Kier alpha value is -1.50. The van der Waals surface area contributed by atoms with E-state index in [0.717, 1.165) is 6.26 Å². The van der Waals surface area contributed by atoms with Crippen LogP contribution in [-0.2, 0) is 10.0 Å². The van der Waals surface area contributed by atoms with Crippen LogP contribution in [0.15, 0.2) is 18.5 Å². The average Bonchev–Trinajstić information content (AvgIpc) is 2.03. The average molecular weight is 201 g/mol. The Bertz CT molecular complexity index is 400. The van der Waals surface area contributed by atoms with Gasteiger partial charge in [-0.15, -0.1) is 0 Å². The molecule has 0 fully saturated rings. The number of aromatic nitrogens is 2. The Labute approximate surface area is 75.1 Å². The summed E-state index contributed by atoms with van der Waals surface area (Å²) in [4.78, 5) is 18.2. The van der Waals surface area contributed by atoms with Gasteiger partial charge in [0.2, 0.25) is 15.8 Å². The highest BCUT2D eigenvalue weighted by Crippen LogP contribution is 1.88. The lowest BCUT2D eigenvalue weighted by atomic mass is 10.5. The minimum atomic E-state index is -3.55. The molecule has 6 nitrogen and oxygen atoms in total. The lowest BCUT2D eigenvalue weighted by Crippen LogP contribution is -2.30. The van der Waals surface area contributed by atoms with E-state index in [0.29, 0.717) is 0 Å². The molecule has 0 aliphatic heterocycles. The maximum Gasteiger partial charge on any atom is 0.302 e. The minimum Gasteiger partial charge on any atom is -0.265 e. The van der Waals surface area contributed by atoms with Crippen molar-refractivity contribution in [1.29, 1.82) is 0 Å². The number of nitrogens with zero attached hydrogens (tertiary/aromatic N) is 2. The summed E-state index contributed by atoms with van der Waals surface area (Å²) in [6, 6.07) is 1.53. The first-order valence-corrected chi connectivity index (χ1v) is 5.17. The fraction of sp³-hybridized carbons (Fsp3) is 0.167. The molecule has 1 amide bonds. The second kappa shape index (κ2) is 3.48. The molecule has 0 saturated carbocycles. The Morgan fingerprint density at radius 2 is 1.92 bits per heavy atom. The molecule has 0 aliphatic rings. The second-order valence-electron chi connectivity index (χ2n) is 2.28. The summed E-state index contributed by atoms with van der Waals surface area (Å²) in [6.07, 6.45) is 3.59.